The van der Waals surface area contributed by atoms with Gasteiger partial charge in [-0.3, -0.25) is 9.59 Å². The molecule has 0 spiro atoms. The smallest absolute Gasteiger partial charge is 0.227 e. The molecule has 1 aliphatic rings. The summed E-state index contributed by atoms with van der Waals surface area (Å²) in [5, 5.41) is 3.90. The third-order valence-electron chi connectivity index (χ3n) is 5.89. The lowest BCUT2D eigenvalue weighted by atomic mass is 10.1. The van der Waals surface area contributed by atoms with Gasteiger partial charge in [0.15, 0.2) is 0 Å². The molecule has 8 nitrogen and oxygen atoms in total. The molecular weight excluding hydrogens is 439 g/mol. The van der Waals surface area contributed by atoms with E-state index in [4.69, 9.17) is 9.26 Å². The van der Waals surface area contributed by atoms with Crippen molar-refractivity contribution in [3.8, 4) is 17.1 Å². The zero-order valence-corrected chi connectivity index (χ0v) is 19.1. The van der Waals surface area contributed by atoms with Crippen molar-refractivity contribution in [2.45, 2.75) is 25.7 Å². The highest BCUT2D eigenvalue weighted by Gasteiger charge is 2.24. The van der Waals surface area contributed by atoms with E-state index >= 15 is 0 Å². The van der Waals surface area contributed by atoms with Crippen LogP contribution in [-0.2, 0) is 22.4 Å². The molecule has 34 heavy (non-hydrogen) atoms. The first-order chi connectivity index (χ1) is 16.5. The Kier molecular flexibility index (Phi) is 7.51. The number of hydrogen-bond donors (Lipinski definition) is 0. The number of methoxy groups -OCH3 is 1. The molecule has 9 heteroatoms. The van der Waals surface area contributed by atoms with Crippen molar-refractivity contribution in [2.75, 3.05) is 33.3 Å². The molecule has 1 aromatic heterocycles. The summed E-state index contributed by atoms with van der Waals surface area (Å²) in [4.78, 5) is 33.0. The maximum absolute atomic E-state index is 13.1. The second kappa shape index (κ2) is 10.9. The number of amides is 2. The van der Waals surface area contributed by atoms with Gasteiger partial charge in [0.05, 0.1) is 7.11 Å². The Bertz CT molecular complexity index is 1110. The fourth-order valence-electron chi connectivity index (χ4n) is 3.85. The molecule has 0 N–H and O–H groups in total. The number of hydrogen-bond acceptors (Lipinski definition) is 6. The predicted octanol–water partition coefficient (Wildman–Crippen LogP) is 3.12. The molecule has 2 aromatic carbocycles. The normalized spacial score (nSPS) is 13.7. The van der Waals surface area contributed by atoms with Crippen LogP contribution in [-0.4, -0.2) is 65.0 Å². The van der Waals surface area contributed by atoms with E-state index in [2.05, 4.69) is 10.1 Å². The van der Waals surface area contributed by atoms with Crippen molar-refractivity contribution in [3.63, 3.8) is 0 Å². The van der Waals surface area contributed by atoms with Crippen LogP contribution in [0.3, 0.4) is 0 Å². The van der Waals surface area contributed by atoms with Crippen LogP contribution in [0.4, 0.5) is 4.39 Å². The molecular formula is C25H27FN4O4. The number of benzene rings is 2. The van der Waals surface area contributed by atoms with E-state index in [1.807, 2.05) is 29.2 Å². The third kappa shape index (κ3) is 5.98. The summed E-state index contributed by atoms with van der Waals surface area (Å²) in [5.74, 6) is 1.28. The van der Waals surface area contributed by atoms with Crippen LogP contribution < -0.4 is 4.74 Å². The van der Waals surface area contributed by atoms with E-state index in [9.17, 15) is 14.0 Å². The van der Waals surface area contributed by atoms with Crippen molar-refractivity contribution >= 4 is 11.8 Å². The fraction of sp³-hybridized carbons (Fsp3) is 0.360. The first kappa shape index (κ1) is 23.4. The van der Waals surface area contributed by atoms with Gasteiger partial charge >= 0.3 is 0 Å². The zero-order valence-electron chi connectivity index (χ0n) is 19.1. The van der Waals surface area contributed by atoms with Crippen molar-refractivity contribution < 1.29 is 23.2 Å². The van der Waals surface area contributed by atoms with Crippen LogP contribution >= 0.6 is 0 Å². The van der Waals surface area contributed by atoms with Crippen molar-refractivity contribution in [3.05, 3.63) is 65.8 Å². The Hall–Kier alpha value is -3.75. The third-order valence-corrected chi connectivity index (χ3v) is 5.89. The van der Waals surface area contributed by atoms with E-state index in [0.717, 1.165) is 11.3 Å². The molecule has 2 heterocycles. The molecule has 1 fully saturated rings. The molecule has 0 radical (unpaired) electrons. The van der Waals surface area contributed by atoms with E-state index in [1.54, 1.807) is 24.1 Å². The summed E-state index contributed by atoms with van der Waals surface area (Å²) >= 11 is 0. The monoisotopic (exact) mass is 466 g/mol. The van der Waals surface area contributed by atoms with Crippen molar-refractivity contribution in [2.24, 2.45) is 0 Å². The molecule has 1 saturated heterocycles. The highest BCUT2D eigenvalue weighted by Crippen LogP contribution is 2.17. The number of piperazine rings is 1. The minimum atomic E-state index is -0.336. The molecule has 0 unspecified atom stereocenters. The standard InChI is InChI=1S/C25H27FN4O4/c1-33-21-9-2-18(3-10-21)4-12-23(31)29-14-16-30(17-15-29)24(32)13-11-22-27-25(28-34-22)19-5-7-20(26)8-6-19/h2-3,5-10H,4,11-17H2,1H3. The van der Waals surface area contributed by atoms with E-state index in [0.29, 0.717) is 62.7 Å². The SMILES string of the molecule is COc1ccc(CCC(=O)N2CCN(C(=O)CCc3nc(-c4ccc(F)cc4)no3)CC2)cc1. The predicted molar refractivity (Wildman–Crippen MR) is 122 cm³/mol. The average Bonchev–Trinajstić information content (AvgIpc) is 3.35. The van der Waals surface area contributed by atoms with Gasteiger partial charge in [-0.1, -0.05) is 17.3 Å². The van der Waals surface area contributed by atoms with Crippen LogP contribution in [0.25, 0.3) is 11.4 Å². The van der Waals surface area contributed by atoms with Crippen LogP contribution in [0.2, 0.25) is 0 Å². The van der Waals surface area contributed by atoms with Gasteiger partial charge in [-0.2, -0.15) is 4.98 Å². The Balaban J connectivity index is 1.19. The Morgan fingerprint density at radius 3 is 2.09 bits per heavy atom. The molecule has 0 atom stereocenters. The van der Waals surface area contributed by atoms with Crippen molar-refractivity contribution in [1.82, 2.24) is 19.9 Å². The number of aryl methyl sites for hydroxylation is 2. The molecule has 1 aliphatic heterocycles. The van der Waals surface area contributed by atoms with Gasteiger partial charge in [-0.15, -0.1) is 0 Å². The van der Waals surface area contributed by atoms with Gasteiger partial charge < -0.3 is 19.1 Å². The second-order valence-electron chi connectivity index (χ2n) is 8.13. The number of halogens is 1. The summed E-state index contributed by atoms with van der Waals surface area (Å²) in [6, 6.07) is 13.5. The van der Waals surface area contributed by atoms with Gasteiger partial charge in [0.1, 0.15) is 11.6 Å². The minimum Gasteiger partial charge on any atom is -0.497 e. The maximum Gasteiger partial charge on any atom is 0.227 e. The average molecular weight is 467 g/mol. The largest absolute Gasteiger partial charge is 0.497 e. The Morgan fingerprint density at radius 1 is 0.912 bits per heavy atom. The summed E-state index contributed by atoms with van der Waals surface area (Å²) in [5.41, 5.74) is 1.74. The summed E-state index contributed by atoms with van der Waals surface area (Å²) < 4.78 is 23.4. The lowest BCUT2D eigenvalue weighted by Crippen LogP contribution is -2.50. The van der Waals surface area contributed by atoms with Crippen LogP contribution in [0.5, 0.6) is 5.75 Å². The first-order valence-electron chi connectivity index (χ1n) is 11.3. The number of rotatable bonds is 8. The number of carbonyl (C=O) groups excluding carboxylic acids is 2. The Morgan fingerprint density at radius 2 is 1.50 bits per heavy atom. The number of ether oxygens (including phenoxy) is 1. The summed E-state index contributed by atoms with van der Waals surface area (Å²) in [6.45, 7) is 2.08. The first-order valence-corrected chi connectivity index (χ1v) is 11.3. The summed E-state index contributed by atoms with van der Waals surface area (Å²) in [6.07, 6.45) is 1.68. The van der Waals surface area contributed by atoms with E-state index < -0.39 is 0 Å². The zero-order chi connectivity index (χ0) is 23.9. The molecule has 178 valence electrons. The minimum absolute atomic E-state index is 0.00753. The van der Waals surface area contributed by atoms with Crippen LogP contribution in [0.15, 0.2) is 53.1 Å². The maximum atomic E-state index is 13.1. The lowest BCUT2D eigenvalue weighted by molar-refractivity contribution is -0.139. The quantitative estimate of drug-likeness (QED) is 0.507. The van der Waals surface area contributed by atoms with Crippen LogP contribution in [0, 0.1) is 5.82 Å². The van der Waals surface area contributed by atoms with Crippen molar-refractivity contribution in [1.29, 1.82) is 0 Å². The number of nitrogens with zero attached hydrogens (tertiary/aromatic N) is 4. The molecule has 0 aliphatic carbocycles. The summed E-state index contributed by atoms with van der Waals surface area (Å²) in [7, 11) is 1.62. The Labute approximate surface area is 197 Å². The molecule has 0 bridgehead atoms. The second-order valence-corrected chi connectivity index (χ2v) is 8.13. The van der Waals surface area contributed by atoms with Gasteiger partial charge in [0.2, 0.25) is 23.5 Å². The van der Waals surface area contributed by atoms with Gasteiger partial charge in [-0.25, -0.2) is 4.39 Å². The topological polar surface area (TPSA) is 88.8 Å². The lowest BCUT2D eigenvalue weighted by Gasteiger charge is -2.35. The molecule has 4 rings (SSSR count). The number of aromatic nitrogens is 2. The molecule has 3 aromatic rings. The van der Waals surface area contributed by atoms with Gasteiger partial charge in [0.25, 0.3) is 0 Å². The highest BCUT2D eigenvalue weighted by atomic mass is 19.1. The van der Waals surface area contributed by atoms with E-state index in [1.165, 1.54) is 12.1 Å². The van der Waals surface area contributed by atoms with Gasteiger partial charge in [0, 0.05) is 51.0 Å². The fourth-order valence-corrected chi connectivity index (χ4v) is 3.85. The van der Waals surface area contributed by atoms with Gasteiger partial charge in [-0.05, 0) is 48.4 Å². The molecule has 0 saturated carbocycles. The molecule has 2 amide bonds. The number of carbonyl (C=O) groups is 2. The van der Waals surface area contributed by atoms with Crippen LogP contribution in [0.1, 0.15) is 24.3 Å². The van der Waals surface area contributed by atoms with E-state index in [-0.39, 0.29) is 24.1 Å². The highest BCUT2D eigenvalue weighted by molar-refractivity contribution is 5.78.